The van der Waals surface area contributed by atoms with Crippen LogP contribution in [0.15, 0.2) is 6.07 Å². The van der Waals surface area contributed by atoms with Gasteiger partial charge < -0.3 is 19.5 Å². The number of thiophene rings is 1. The number of aliphatic carboxylic acids is 1. The van der Waals surface area contributed by atoms with E-state index in [2.05, 4.69) is 4.74 Å². The molecule has 0 aromatic carbocycles. The van der Waals surface area contributed by atoms with Gasteiger partial charge in [0.25, 0.3) is 5.91 Å². The van der Waals surface area contributed by atoms with Crippen LogP contribution in [0.2, 0.25) is 0 Å². The van der Waals surface area contributed by atoms with E-state index in [0.717, 1.165) is 11.3 Å². The SMILES string of the molecule is Cc1cc(OC(F)F)c(C(=O)N2CCOC(CC(=O)O)C2)s1. The molecule has 2 rings (SSSR count). The Kier molecular flexibility index (Phi) is 5.30. The predicted octanol–water partition coefficient (Wildman–Crippen LogP) is 1.97. The van der Waals surface area contributed by atoms with Gasteiger partial charge in [-0.1, -0.05) is 0 Å². The van der Waals surface area contributed by atoms with Crippen molar-refractivity contribution >= 4 is 23.2 Å². The topological polar surface area (TPSA) is 76.1 Å². The van der Waals surface area contributed by atoms with Gasteiger partial charge in [0.15, 0.2) is 0 Å². The van der Waals surface area contributed by atoms with Crippen molar-refractivity contribution in [1.82, 2.24) is 4.90 Å². The summed E-state index contributed by atoms with van der Waals surface area (Å²) in [5, 5.41) is 8.77. The van der Waals surface area contributed by atoms with Gasteiger partial charge in [0.2, 0.25) is 0 Å². The lowest BCUT2D eigenvalue weighted by atomic mass is 10.2. The Hall–Kier alpha value is -1.74. The minimum absolute atomic E-state index is 0.0915. The highest BCUT2D eigenvalue weighted by molar-refractivity contribution is 7.14. The van der Waals surface area contributed by atoms with Crippen molar-refractivity contribution in [3.63, 3.8) is 0 Å². The highest BCUT2D eigenvalue weighted by atomic mass is 32.1. The van der Waals surface area contributed by atoms with Crippen LogP contribution in [0.5, 0.6) is 5.75 Å². The first-order valence-electron chi connectivity index (χ1n) is 6.54. The molecule has 1 N–H and O–H groups in total. The summed E-state index contributed by atoms with van der Waals surface area (Å²) in [6, 6.07) is 1.39. The number of carbonyl (C=O) groups is 2. The molecular formula is C13H15F2NO5S. The number of hydrogen-bond donors (Lipinski definition) is 1. The normalized spacial score (nSPS) is 18.5. The first kappa shape index (κ1) is 16.6. The Morgan fingerprint density at radius 2 is 2.32 bits per heavy atom. The van der Waals surface area contributed by atoms with Gasteiger partial charge in [-0.05, 0) is 13.0 Å². The van der Waals surface area contributed by atoms with E-state index in [1.807, 2.05) is 0 Å². The molecule has 9 heteroatoms. The molecular weight excluding hydrogens is 320 g/mol. The zero-order chi connectivity index (χ0) is 16.3. The zero-order valence-electron chi connectivity index (χ0n) is 11.8. The summed E-state index contributed by atoms with van der Waals surface area (Å²) < 4.78 is 34.4. The molecule has 1 atom stereocenters. The van der Waals surface area contributed by atoms with Gasteiger partial charge in [0, 0.05) is 18.0 Å². The highest BCUT2D eigenvalue weighted by Crippen LogP contribution is 2.31. The van der Waals surface area contributed by atoms with Gasteiger partial charge >= 0.3 is 12.6 Å². The zero-order valence-corrected chi connectivity index (χ0v) is 12.6. The van der Waals surface area contributed by atoms with E-state index in [0.29, 0.717) is 4.88 Å². The van der Waals surface area contributed by atoms with Crippen molar-refractivity contribution in [2.45, 2.75) is 26.1 Å². The summed E-state index contributed by atoms with van der Waals surface area (Å²) in [4.78, 5) is 25.3. The maximum absolute atomic E-state index is 12.5. The molecule has 2 heterocycles. The Balaban J connectivity index is 2.12. The molecule has 0 bridgehead atoms. The fourth-order valence-corrected chi connectivity index (χ4v) is 3.10. The van der Waals surface area contributed by atoms with Crippen LogP contribution in [0.1, 0.15) is 21.0 Å². The van der Waals surface area contributed by atoms with Crippen LogP contribution < -0.4 is 4.74 Å². The lowest BCUT2D eigenvalue weighted by Crippen LogP contribution is -2.46. The summed E-state index contributed by atoms with van der Waals surface area (Å²) in [6.07, 6.45) is -0.816. The number of carboxylic acid groups (broad SMARTS) is 1. The Morgan fingerprint density at radius 3 is 2.95 bits per heavy atom. The molecule has 0 saturated carbocycles. The van der Waals surface area contributed by atoms with Crippen molar-refractivity contribution < 1.29 is 33.0 Å². The number of hydrogen-bond acceptors (Lipinski definition) is 5. The van der Waals surface area contributed by atoms with Gasteiger partial charge in [-0.2, -0.15) is 8.78 Å². The lowest BCUT2D eigenvalue weighted by Gasteiger charge is -2.32. The molecule has 1 aliphatic heterocycles. The second kappa shape index (κ2) is 7.01. The molecule has 1 saturated heterocycles. The molecule has 122 valence electrons. The summed E-state index contributed by atoms with van der Waals surface area (Å²) in [7, 11) is 0. The van der Waals surface area contributed by atoms with Crippen molar-refractivity contribution in [3.05, 3.63) is 15.8 Å². The third kappa shape index (κ3) is 4.14. The van der Waals surface area contributed by atoms with E-state index in [4.69, 9.17) is 9.84 Å². The maximum atomic E-state index is 12.5. The summed E-state index contributed by atoms with van der Waals surface area (Å²) in [5.41, 5.74) is 0. The van der Waals surface area contributed by atoms with E-state index >= 15 is 0 Å². The summed E-state index contributed by atoms with van der Waals surface area (Å²) >= 11 is 1.07. The van der Waals surface area contributed by atoms with Crippen LogP contribution in [-0.2, 0) is 9.53 Å². The number of ether oxygens (including phenoxy) is 2. The second-order valence-electron chi connectivity index (χ2n) is 4.77. The Labute approximate surface area is 129 Å². The van der Waals surface area contributed by atoms with E-state index in [9.17, 15) is 18.4 Å². The monoisotopic (exact) mass is 335 g/mol. The van der Waals surface area contributed by atoms with Crippen molar-refractivity contribution in [1.29, 1.82) is 0 Å². The molecule has 1 aromatic heterocycles. The van der Waals surface area contributed by atoms with Crippen LogP contribution >= 0.6 is 11.3 Å². The molecule has 0 spiro atoms. The average molecular weight is 335 g/mol. The average Bonchev–Trinajstić information content (AvgIpc) is 2.77. The molecule has 0 aliphatic carbocycles. The maximum Gasteiger partial charge on any atom is 0.387 e. The number of halogens is 2. The number of carbonyl (C=O) groups excluding carboxylic acids is 1. The first-order valence-corrected chi connectivity index (χ1v) is 7.36. The van der Waals surface area contributed by atoms with Crippen LogP contribution in [0.25, 0.3) is 0 Å². The van der Waals surface area contributed by atoms with Crippen LogP contribution in [0.4, 0.5) is 8.78 Å². The number of amides is 1. The Morgan fingerprint density at radius 1 is 1.59 bits per heavy atom. The highest BCUT2D eigenvalue weighted by Gasteiger charge is 2.29. The molecule has 1 unspecified atom stereocenters. The Bertz CT molecular complexity index is 563. The minimum Gasteiger partial charge on any atom is -0.481 e. The molecule has 1 aromatic rings. The van der Waals surface area contributed by atoms with E-state index in [1.165, 1.54) is 11.0 Å². The molecule has 1 aliphatic rings. The van der Waals surface area contributed by atoms with Gasteiger partial charge in [0.05, 0.1) is 19.1 Å². The predicted molar refractivity (Wildman–Crippen MR) is 73.6 cm³/mol. The van der Waals surface area contributed by atoms with Crippen LogP contribution in [0.3, 0.4) is 0 Å². The van der Waals surface area contributed by atoms with Crippen molar-refractivity contribution in [3.8, 4) is 5.75 Å². The van der Waals surface area contributed by atoms with E-state index in [1.54, 1.807) is 6.92 Å². The van der Waals surface area contributed by atoms with Gasteiger partial charge in [-0.3, -0.25) is 9.59 Å². The van der Waals surface area contributed by atoms with Gasteiger partial charge in [-0.25, -0.2) is 0 Å². The quantitative estimate of drug-likeness (QED) is 0.890. The molecule has 0 radical (unpaired) electrons. The third-order valence-electron chi connectivity index (χ3n) is 3.06. The standard InChI is InChI=1S/C13H15F2NO5S/c1-7-4-9(21-13(14)15)11(22-7)12(19)16-2-3-20-8(6-16)5-10(17)18/h4,8,13H,2-3,5-6H2,1H3,(H,17,18). The smallest absolute Gasteiger partial charge is 0.387 e. The number of aryl methyl sites for hydroxylation is 1. The van der Waals surface area contributed by atoms with Gasteiger partial charge in [0.1, 0.15) is 10.6 Å². The summed E-state index contributed by atoms with van der Waals surface area (Å²) in [5.74, 6) is -1.62. The summed E-state index contributed by atoms with van der Waals surface area (Å²) in [6.45, 7) is -0.730. The van der Waals surface area contributed by atoms with Gasteiger partial charge in [-0.15, -0.1) is 11.3 Å². The van der Waals surface area contributed by atoms with E-state index < -0.39 is 24.6 Å². The van der Waals surface area contributed by atoms with Crippen molar-refractivity contribution in [2.24, 2.45) is 0 Å². The third-order valence-corrected chi connectivity index (χ3v) is 4.08. The molecule has 1 fully saturated rings. The van der Waals surface area contributed by atoms with Crippen molar-refractivity contribution in [2.75, 3.05) is 19.7 Å². The minimum atomic E-state index is -3.01. The largest absolute Gasteiger partial charge is 0.481 e. The molecule has 22 heavy (non-hydrogen) atoms. The van der Waals surface area contributed by atoms with E-state index in [-0.39, 0.29) is 36.7 Å². The number of morpholine rings is 1. The fraction of sp³-hybridized carbons (Fsp3) is 0.538. The second-order valence-corrected chi connectivity index (χ2v) is 6.03. The number of rotatable bonds is 5. The van der Waals surface area contributed by atoms with Crippen LogP contribution in [0, 0.1) is 6.92 Å². The lowest BCUT2D eigenvalue weighted by molar-refractivity contribution is -0.141. The number of carboxylic acids is 1. The fourth-order valence-electron chi connectivity index (χ4n) is 2.19. The molecule has 1 amide bonds. The molecule has 6 nitrogen and oxygen atoms in total. The number of nitrogens with zero attached hydrogens (tertiary/aromatic N) is 1. The first-order chi connectivity index (χ1) is 10.4. The number of alkyl halides is 2. The van der Waals surface area contributed by atoms with Crippen LogP contribution in [-0.4, -0.2) is 54.3 Å².